The van der Waals surface area contributed by atoms with E-state index in [1.165, 1.54) is 37.7 Å². The van der Waals surface area contributed by atoms with Crippen molar-refractivity contribution in [1.29, 1.82) is 0 Å². The largest absolute Gasteiger partial charge is 0.292 e. The molecule has 0 radical (unpaired) electrons. The maximum Gasteiger partial charge on any atom is 0.0635 e. The lowest BCUT2D eigenvalue weighted by Gasteiger charge is -2.16. The molecule has 0 N–H and O–H groups in total. The van der Waals surface area contributed by atoms with Gasteiger partial charge in [0.2, 0.25) is 0 Å². The van der Waals surface area contributed by atoms with Crippen molar-refractivity contribution in [2.45, 2.75) is 38.6 Å². The van der Waals surface area contributed by atoms with E-state index < -0.39 is 0 Å². The Morgan fingerprint density at radius 1 is 1.07 bits per heavy atom. The van der Waals surface area contributed by atoms with Gasteiger partial charge in [0, 0.05) is 6.21 Å². The van der Waals surface area contributed by atoms with Gasteiger partial charge in [-0.2, -0.15) is 0 Å². The van der Waals surface area contributed by atoms with E-state index in [2.05, 4.69) is 35.5 Å². The smallest absolute Gasteiger partial charge is 0.0635 e. The first-order chi connectivity index (χ1) is 7.45. The molecule has 0 aliphatic heterocycles. The first-order valence-corrected chi connectivity index (χ1v) is 5.99. The standard InChI is InChI=1S/C14H19N/c1-3-7-13(8-4-1)11-15-12-14-9-5-2-6-10-14/h1,3-4,7-8,12,14H,2,5-6,9-11H2. The molecule has 80 valence electrons. The van der Waals surface area contributed by atoms with Crippen LogP contribution >= 0.6 is 0 Å². The first kappa shape index (κ1) is 10.4. The molecule has 1 aliphatic rings. The highest BCUT2D eigenvalue weighted by Gasteiger charge is 2.09. The molecule has 1 aliphatic carbocycles. The van der Waals surface area contributed by atoms with Gasteiger partial charge in [-0.1, -0.05) is 49.6 Å². The summed E-state index contributed by atoms with van der Waals surface area (Å²) in [5.74, 6) is 0.752. The van der Waals surface area contributed by atoms with Crippen LogP contribution in [0.15, 0.2) is 35.3 Å². The molecule has 0 heterocycles. The molecule has 1 aromatic rings. The second-order valence-electron chi connectivity index (χ2n) is 4.37. The van der Waals surface area contributed by atoms with Crippen LogP contribution in [0, 0.1) is 5.92 Å². The second-order valence-corrected chi connectivity index (χ2v) is 4.37. The van der Waals surface area contributed by atoms with Crippen LogP contribution in [-0.4, -0.2) is 6.21 Å². The monoisotopic (exact) mass is 201 g/mol. The van der Waals surface area contributed by atoms with Gasteiger partial charge in [-0.15, -0.1) is 0 Å². The van der Waals surface area contributed by atoms with Crippen molar-refractivity contribution in [3.05, 3.63) is 35.9 Å². The molecule has 0 saturated heterocycles. The van der Waals surface area contributed by atoms with Gasteiger partial charge in [-0.25, -0.2) is 0 Å². The third kappa shape index (κ3) is 3.50. The zero-order chi connectivity index (χ0) is 10.3. The van der Waals surface area contributed by atoms with E-state index in [0.717, 1.165) is 12.5 Å². The molecule has 0 spiro atoms. The molecule has 0 atom stereocenters. The summed E-state index contributed by atoms with van der Waals surface area (Å²) in [5.41, 5.74) is 1.31. The summed E-state index contributed by atoms with van der Waals surface area (Å²) in [6.07, 6.45) is 9.08. The van der Waals surface area contributed by atoms with E-state index in [4.69, 9.17) is 0 Å². The average molecular weight is 201 g/mol. The Morgan fingerprint density at radius 2 is 1.80 bits per heavy atom. The molecule has 0 aromatic heterocycles. The van der Waals surface area contributed by atoms with Crippen LogP contribution in [0.1, 0.15) is 37.7 Å². The van der Waals surface area contributed by atoms with E-state index in [-0.39, 0.29) is 0 Å². The molecule has 0 bridgehead atoms. The SMILES string of the molecule is C(=NCc1ccccc1)C1CCCCC1. The van der Waals surface area contributed by atoms with E-state index in [9.17, 15) is 0 Å². The Hall–Kier alpha value is -1.11. The molecule has 2 rings (SSSR count). The van der Waals surface area contributed by atoms with Crippen LogP contribution in [0.4, 0.5) is 0 Å². The minimum absolute atomic E-state index is 0.752. The van der Waals surface area contributed by atoms with Gasteiger partial charge in [0.15, 0.2) is 0 Å². The zero-order valence-electron chi connectivity index (χ0n) is 9.23. The van der Waals surface area contributed by atoms with Gasteiger partial charge in [-0.05, 0) is 24.3 Å². The topological polar surface area (TPSA) is 12.4 Å². The highest BCUT2D eigenvalue weighted by atomic mass is 14.7. The van der Waals surface area contributed by atoms with Crippen molar-refractivity contribution in [2.75, 3.05) is 0 Å². The molecule has 1 aromatic carbocycles. The van der Waals surface area contributed by atoms with Crippen molar-refractivity contribution in [2.24, 2.45) is 10.9 Å². The van der Waals surface area contributed by atoms with Crippen LogP contribution in [0.3, 0.4) is 0 Å². The van der Waals surface area contributed by atoms with Gasteiger partial charge in [0.25, 0.3) is 0 Å². The Bertz CT molecular complexity index is 296. The zero-order valence-corrected chi connectivity index (χ0v) is 9.23. The predicted molar refractivity (Wildman–Crippen MR) is 65.2 cm³/mol. The van der Waals surface area contributed by atoms with E-state index in [1.807, 2.05) is 6.07 Å². The lowest BCUT2D eigenvalue weighted by Crippen LogP contribution is -2.07. The number of hydrogen-bond acceptors (Lipinski definition) is 1. The van der Waals surface area contributed by atoms with E-state index in [0.29, 0.717) is 0 Å². The van der Waals surface area contributed by atoms with Gasteiger partial charge < -0.3 is 0 Å². The van der Waals surface area contributed by atoms with Crippen LogP contribution in [0.5, 0.6) is 0 Å². The van der Waals surface area contributed by atoms with Crippen molar-refractivity contribution >= 4 is 6.21 Å². The van der Waals surface area contributed by atoms with E-state index in [1.54, 1.807) is 0 Å². The van der Waals surface area contributed by atoms with Crippen molar-refractivity contribution in [3.63, 3.8) is 0 Å². The quantitative estimate of drug-likeness (QED) is 0.659. The summed E-state index contributed by atoms with van der Waals surface area (Å²) in [6.45, 7) is 0.845. The highest BCUT2D eigenvalue weighted by Crippen LogP contribution is 2.21. The molecule has 0 unspecified atom stereocenters. The molecule has 1 heteroatoms. The highest BCUT2D eigenvalue weighted by molar-refractivity contribution is 5.60. The van der Waals surface area contributed by atoms with E-state index >= 15 is 0 Å². The summed E-state index contributed by atoms with van der Waals surface area (Å²) in [7, 11) is 0. The number of aliphatic imine (C=N–C) groups is 1. The maximum absolute atomic E-state index is 4.54. The fraction of sp³-hybridized carbons (Fsp3) is 0.500. The summed E-state index contributed by atoms with van der Waals surface area (Å²) >= 11 is 0. The summed E-state index contributed by atoms with van der Waals surface area (Å²) in [4.78, 5) is 4.54. The van der Waals surface area contributed by atoms with Gasteiger partial charge >= 0.3 is 0 Å². The molecule has 1 saturated carbocycles. The normalized spacial score (nSPS) is 18.4. The van der Waals surface area contributed by atoms with Gasteiger partial charge in [-0.3, -0.25) is 4.99 Å². The Morgan fingerprint density at radius 3 is 2.53 bits per heavy atom. The summed E-state index contributed by atoms with van der Waals surface area (Å²) in [5, 5.41) is 0. The Kier molecular flexibility index (Phi) is 3.95. The molecule has 1 fully saturated rings. The molecule has 1 nitrogen and oxygen atoms in total. The Balaban J connectivity index is 1.79. The fourth-order valence-electron chi connectivity index (χ4n) is 2.17. The van der Waals surface area contributed by atoms with Crippen LogP contribution in [-0.2, 0) is 6.54 Å². The van der Waals surface area contributed by atoms with Crippen LogP contribution in [0.25, 0.3) is 0 Å². The maximum atomic E-state index is 4.54. The van der Waals surface area contributed by atoms with Crippen molar-refractivity contribution < 1.29 is 0 Å². The number of rotatable bonds is 3. The second kappa shape index (κ2) is 5.69. The Labute approximate surface area is 92.2 Å². The van der Waals surface area contributed by atoms with Crippen LogP contribution in [0.2, 0.25) is 0 Å². The number of benzene rings is 1. The summed E-state index contributed by atoms with van der Waals surface area (Å²) in [6, 6.07) is 10.5. The third-order valence-electron chi connectivity index (χ3n) is 3.08. The fourth-order valence-corrected chi connectivity index (χ4v) is 2.17. The average Bonchev–Trinajstić information content (AvgIpc) is 2.32. The van der Waals surface area contributed by atoms with Crippen molar-refractivity contribution in [3.8, 4) is 0 Å². The lowest BCUT2D eigenvalue weighted by atomic mass is 9.90. The molecular formula is C14H19N. The minimum Gasteiger partial charge on any atom is -0.292 e. The lowest BCUT2D eigenvalue weighted by molar-refractivity contribution is 0.444. The number of nitrogens with zero attached hydrogens (tertiary/aromatic N) is 1. The third-order valence-corrected chi connectivity index (χ3v) is 3.08. The molecular weight excluding hydrogens is 182 g/mol. The number of hydrogen-bond donors (Lipinski definition) is 0. The van der Waals surface area contributed by atoms with Crippen molar-refractivity contribution in [1.82, 2.24) is 0 Å². The minimum atomic E-state index is 0.752. The van der Waals surface area contributed by atoms with Gasteiger partial charge in [0.05, 0.1) is 6.54 Å². The van der Waals surface area contributed by atoms with Crippen LogP contribution < -0.4 is 0 Å². The molecule has 15 heavy (non-hydrogen) atoms. The summed E-state index contributed by atoms with van der Waals surface area (Å²) < 4.78 is 0. The predicted octanol–water partition coefficient (Wildman–Crippen LogP) is 3.84. The first-order valence-electron chi connectivity index (χ1n) is 5.99. The molecule has 0 amide bonds. The van der Waals surface area contributed by atoms with Gasteiger partial charge in [0.1, 0.15) is 0 Å².